The minimum Gasteiger partial charge on any atom is -0.406 e. The number of nitrogens with one attached hydrogen (secondary N) is 2. The van der Waals surface area contributed by atoms with Crippen LogP contribution in [0.2, 0.25) is 0 Å². The summed E-state index contributed by atoms with van der Waals surface area (Å²) in [7, 11) is 0. The number of carbonyl (C=O) groups is 1. The van der Waals surface area contributed by atoms with Crippen molar-refractivity contribution in [1.82, 2.24) is 15.5 Å². The van der Waals surface area contributed by atoms with Crippen molar-refractivity contribution in [2.75, 3.05) is 11.9 Å². The van der Waals surface area contributed by atoms with E-state index in [1.807, 2.05) is 0 Å². The highest BCUT2D eigenvalue weighted by Crippen LogP contribution is 2.22. The summed E-state index contributed by atoms with van der Waals surface area (Å²) in [6.45, 7) is 3.16. The Labute approximate surface area is 119 Å². The first-order valence-electron chi connectivity index (χ1n) is 7.66. The lowest BCUT2D eigenvalue weighted by Crippen LogP contribution is -2.13. The summed E-state index contributed by atoms with van der Waals surface area (Å²) in [4.78, 5) is 11.7. The van der Waals surface area contributed by atoms with Crippen molar-refractivity contribution in [1.29, 1.82) is 0 Å². The molecular weight excluding hydrogens is 256 g/mol. The van der Waals surface area contributed by atoms with Crippen LogP contribution in [0.25, 0.3) is 0 Å². The second kappa shape index (κ2) is 7.99. The lowest BCUT2D eigenvalue weighted by atomic mass is 10.1. The SMILES string of the molecule is CCCCCCCC(=O)Nc1nnc(C2CCCN2)o1. The molecule has 0 radical (unpaired) electrons. The van der Waals surface area contributed by atoms with Crippen molar-refractivity contribution in [3.63, 3.8) is 0 Å². The van der Waals surface area contributed by atoms with E-state index in [1.165, 1.54) is 19.3 Å². The minimum absolute atomic E-state index is 0.0453. The first-order valence-corrected chi connectivity index (χ1v) is 7.66. The van der Waals surface area contributed by atoms with Crippen molar-refractivity contribution in [2.45, 2.75) is 64.3 Å². The number of anilines is 1. The van der Waals surface area contributed by atoms with Gasteiger partial charge in [-0.15, -0.1) is 5.10 Å². The largest absolute Gasteiger partial charge is 0.406 e. The van der Waals surface area contributed by atoms with Crippen LogP contribution in [-0.4, -0.2) is 22.6 Å². The lowest BCUT2D eigenvalue weighted by Gasteiger charge is -2.03. The molecule has 1 amide bonds. The molecule has 0 saturated carbocycles. The second-order valence-electron chi connectivity index (χ2n) is 5.31. The minimum atomic E-state index is -0.0453. The predicted octanol–water partition coefficient (Wildman–Crippen LogP) is 2.79. The third-order valence-electron chi connectivity index (χ3n) is 3.55. The maximum absolute atomic E-state index is 11.7. The molecule has 2 N–H and O–H groups in total. The zero-order valence-corrected chi connectivity index (χ0v) is 12.2. The number of unbranched alkanes of at least 4 members (excludes halogenated alkanes) is 4. The van der Waals surface area contributed by atoms with Crippen LogP contribution >= 0.6 is 0 Å². The molecule has 0 aromatic carbocycles. The summed E-state index contributed by atoms with van der Waals surface area (Å²) < 4.78 is 5.47. The van der Waals surface area contributed by atoms with Gasteiger partial charge in [-0.1, -0.05) is 37.7 Å². The topological polar surface area (TPSA) is 80.0 Å². The van der Waals surface area contributed by atoms with Crippen molar-refractivity contribution in [2.24, 2.45) is 0 Å². The molecule has 1 atom stereocenters. The Hall–Kier alpha value is -1.43. The van der Waals surface area contributed by atoms with E-state index >= 15 is 0 Å². The molecule has 2 heterocycles. The first kappa shape index (κ1) is 15.0. The summed E-state index contributed by atoms with van der Waals surface area (Å²) in [5.74, 6) is 0.525. The standard InChI is InChI=1S/C14H24N4O2/c1-2-3-4-5-6-9-12(19)16-14-18-17-13(20-14)11-8-7-10-15-11/h11,15H,2-10H2,1H3,(H,16,18,19). The average Bonchev–Trinajstić information content (AvgIpc) is 3.08. The zero-order chi connectivity index (χ0) is 14.2. The van der Waals surface area contributed by atoms with E-state index in [4.69, 9.17) is 4.42 Å². The number of hydrogen-bond acceptors (Lipinski definition) is 5. The van der Waals surface area contributed by atoms with E-state index in [-0.39, 0.29) is 18.0 Å². The number of rotatable bonds is 8. The molecule has 1 aliphatic rings. The molecule has 1 aromatic heterocycles. The maximum atomic E-state index is 11.7. The summed E-state index contributed by atoms with van der Waals surface area (Å²) in [5.41, 5.74) is 0. The summed E-state index contributed by atoms with van der Waals surface area (Å²) >= 11 is 0. The maximum Gasteiger partial charge on any atom is 0.322 e. The van der Waals surface area contributed by atoms with E-state index in [1.54, 1.807) is 0 Å². The summed E-state index contributed by atoms with van der Waals surface area (Å²) in [6, 6.07) is 0.356. The highest BCUT2D eigenvalue weighted by molar-refractivity contribution is 5.88. The van der Waals surface area contributed by atoms with E-state index < -0.39 is 0 Å². The Balaban J connectivity index is 1.68. The van der Waals surface area contributed by atoms with E-state index in [9.17, 15) is 4.79 Å². The second-order valence-corrected chi connectivity index (χ2v) is 5.31. The van der Waals surface area contributed by atoms with Crippen molar-refractivity contribution >= 4 is 11.9 Å². The molecule has 0 aliphatic carbocycles. The van der Waals surface area contributed by atoms with Gasteiger partial charge in [0.25, 0.3) is 0 Å². The number of hydrogen-bond donors (Lipinski definition) is 2. The third kappa shape index (κ3) is 4.59. The summed E-state index contributed by atoms with van der Waals surface area (Å²) in [5, 5.41) is 13.8. The molecule has 0 bridgehead atoms. The van der Waals surface area contributed by atoms with Crippen molar-refractivity contribution in [3.05, 3.63) is 5.89 Å². The normalized spacial score (nSPS) is 18.4. The monoisotopic (exact) mass is 280 g/mol. The molecule has 112 valence electrons. The quantitative estimate of drug-likeness (QED) is 0.716. The molecule has 1 saturated heterocycles. The van der Waals surface area contributed by atoms with E-state index in [0.29, 0.717) is 12.3 Å². The predicted molar refractivity (Wildman–Crippen MR) is 76.3 cm³/mol. The fourth-order valence-electron chi connectivity index (χ4n) is 2.39. The molecule has 1 aromatic rings. The van der Waals surface area contributed by atoms with Crippen molar-refractivity contribution in [3.8, 4) is 0 Å². The molecule has 6 heteroatoms. The molecule has 1 unspecified atom stereocenters. The van der Waals surface area contributed by atoms with E-state index in [2.05, 4.69) is 27.8 Å². The van der Waals surface area contributed by atoms with Crippen LogP contribution in [0.1, 0.15) is 70.2 Å². The van der Waals surface area contributed by atoms with E-state index in [0.717, 1.165) is 32.2 Å². The number of aromatic nitrogens is 2. The fourth-order valence-corrected chi connectivity index (χ4v) is 2.39. The van der Waals surface area contributed by atoms with Gasteiger partial charge in [0.2, 0.25) is 11.8 Å². The van der Waals surface area contributed by atoms with Gasteiger partial charge in [0.15, 0.2) is 0 Å². The highest BCUT2D eigenvalue weighted by Gasteiger charge is 2.22. The van der Waals surface area contributed by atoms with Gasteiger partial charge in [-0.25, -0.2) is 0 Å². The van der Waals surface area contributed by atoms with Crippen molar-refractivity contribution < 1.29 is 9.21 Å². The Bertz CT molecular complexity index is 413. The molecule has 0 spiro atoms. The smallest absolute Gasteiger partial charge is 0.322 e. The van der Waals surface area contributed by atoms with Gasteiger partial charge in [-0.3, -0.25) is 10.1 Å². The third-order valence-corrected chi connectivity index (χ3v) is 3.55. The highest BCUT2D eigenvalue weighted by atomic mass is 16.4. The van der Waals surface area contributed by atoms with Crippen LogP contribution in [0, 0.1) is 0 Å². The van der Waals surface area contributed by atoms with Gasteiger partial charge in [-0.2, -0.15) is 0 Å². The van der Waals surface area contributed by atoms with Gasteiger partial charge in [0, 0.05) is 6.42 Å². The Kier molecular flexibility index (Phi) is 5.98. The lowest BCUT2D eigenvalue weighted by molar-refractivity contribution is -0.116. The average molecular weight is 280 g/mol. The van der Waals surface area contributed by atoms with Crippen LogP contribution in [-0.2, 0) is 4.79 Å². The fraction of sp³-hybridized carbons (Fsp3) is 0.786. The first-order chi connectivity index (χ1) is 9.79. The van der Waals surface area contributed by atoms with Gasteiger partial charge in [-0.05, 0) is 25.8 Å². The Morgan fingerprint density at radius 2 is 2.20 bits per heavy atom. The van der Waals surface area contributed by atoms with Crippen LogP contribution in [0.15, 0.2) is 4.42 Å². The summed E-state index contributed by atoms with van der Waals surface area (Å²) in [6.07, 6.45) is 8.30. The van der Waals surface area contributed by atoms with Crippen LogP contribution in [0.4, 0.5) is 6.01 Å². The van der Waals surface area contributed by atoms with Gasteiger partial charge in [0.05, 0.1) is 6.04 Å². The van der Waals surface area contributed by atoms with Crippen LogP contribution in [0.5, 0.6) is 0 Å². The molecule has 6 nitrogen and oxygen atoms in total. The van der Waals surface area contributed by atoms with Gasteiger partial charge in [0.1, 0.15) is 0 Å². The molecule has 20 heavy (non-hydrogen) atoms. The Morgan fingerprint density at radius 3 is 2.95 bits per heavy atom. The van der Waals surface area contributed by atoms with Crippen LogP contribution in [0.3, 0.4) is 0 Å². The van der Waals surface area contributed by atoms with Gasteiger partial charge < -0.3 is 9.73 Å². The van der Waals surface area contributed by atoms with Crippen LogP contribution < -0.4 is 10.6 Å². The van der Waals surface area contributed by atoms with Gasteiger partial charge >= 0.3 is 6.01 Å². The molecule has 1 aliphatic heterocycles. The number of amides is 1. The number of carbonyl (C=O) groups excluding carboxylic acids is 1. The zero-order valence-electron chi connectivity index (χ0n) is 12.2. The molecule has 1 fully saturated rings. The number of nitrogens with zero attached hydrogens (tertiary/aromatic N) is 2. The molecular formula is C14H24N4O2. The Morgan fingerprint density at radius 1 is 1.35 bits per heavy atom. The molecule has 2 rings (SSSR count).